The molecule has 5 heteroatoms. The molecule has 166 valence electrons. The molecule has 28 heavy (non-hydrogen) atoms. The van der Waals surface area contributed by atoms with Gasteiger partial charge in [-0.1, -0.05) is 65.2 Å². The number of hydrogen-bond acceptors (Lipinski definition) is 5. The van der Waals surface area contributed by atoms with Crippen LogP contribution in [0, 0.1) is 5.92 Å². The van der Waals surface area contributed by atoms with Crippen LogP contribution in [0.2, 0.25) is 0 Å². The summed E-state index contributed by atoms with van der Waals surface area (Å²) in [6.07, 6.45) is 14.3. The van der Waals surface area contributed by atoms with E-state index in [9.17, 15) is 9.59 Å². The molecule has 0 heterocycles. The summed E-state index contributed by atoms with van der Waals surface area (Å²) in [6.45, 7) is 5.91. The second-order valence-corrected chi connectivity index (χ2v) is 7.83. The molecular weight excluding hydrogens is 356 g/mol. The van der Waals surface area contributed by atoms with Crippen LogP contribution in [0.3, 0.4) is 0 Å². The van der Waals surface area contributed by atoms with Gasteiger partial charge in [-0.15, -0.1) is 0 Å². The van der Waals surface area contributed by atoms with Crippen LogP contribution in [-0.4, -0.2) is 38.9 Å². The fourth-order valence-electron chi connectivity index (χ4n) is 2.92. The maximum atomic E-state index is 11.7. The lowest BCUT2D eigenvalue weighted by Crippen LogP contribution is -2.13. The molecule has 0 N–H and O–H groups in total. The Bertz CT molecular complexity index is 370. The van der Waals surface area contributed by atoms with Crippen molar-refractivity contribution in [2.75, 3.05) is 26.9 Å². The number of methoxy groups -OCH3 is 1. The number of carbonyl (C=O) groups is 2. The number of carbonyl (C=O) groups excluding carboxylic acids is 2. The monoisotopic (exact) mass is 400 g/mol. The van der Waals surface area contributed by atoms with E-state index in [0.717, 1.165) is 19.3 Å². The van der Waals surface area contributed by atoms with E-state index in [0.29, 0.717) is 51.4 Å². The van der Waals surface area contributed by atoms with E-state index in [1.54, 1.807) is 7.11 Å². The molecule has 5 nitrogen and oxygen atoms in total. The van der Waals surface area contributed by atoms with Crippen molar-refractivity contribution in [1.29, 1.82) is 0 Å². The van der Waals surface area contributed by atoms with Gasteiger partial charge >= 0.3 is 11.9 Å². The molecule has 1 unspecified atom stereocenters. The number of unbranched alkanes of at least 4 members (excludes halogenated alkanes) is 9. The predicted molar refractivity (Wildman–Crippen MR) is 113 cm³/mol. The van der Waals surface area contributed by atoms with Crippen LogP contribution in [-0.2, 0) is 23.8 Å². The molecule has 0 aromatic carbocycles. The van der Waals surface area contributed by atoms with Crippen LogP contribution < -0.4 is 0 Å². The van der Waals surface area contributed by atoms with Crippen molar-refractivity contribution in [2.45, 2.75) is 104 Å². The van der Waals surface area contributed by atoms with Crippen LogP contribution in [0.25, 0.3) is 0 Å². The molecule has 0 bridgehead atoms. The fraction of sp³-hybridized carbons (Fsp3) is 0.913. The normalized spacial score (nSPS) is 12.0. The van der Waals surface area contributed by atoms with Crippen molar-refractivity contribution >= 4 is 11.9 Å². The van der Waals surface area contributed by atoms with E-state index in [1.165, 1.54) is 44.9 Å². The van der Waals surface area contributed by atoms with Gasteiger partial charge in [-0.3, -0.25) is 9.59 Å². The molecule has 0 spiro atoms. The summed E-state index contributed by atoms with van der Waals surface area (Å²) in [4.78, 5) is 23.4. The predicted octanol–water partition coefficient (Wildman–Crippen LogP) is 5.84. The van der Waals surface area contributed by atoms with Gasteiger partial charge in [0.05, 0.1) is 13.2 Å². The second-order valence-electron chi connectivity index (χ2n) is 7.83. The van der Waals surface area contributed by atoms with Gasteiger partial charge in [0.15, 0.2) is 0 Å². The van der Waals surface area contributed by atoms with Crippen molar-refractivity contribution in [3.8, 4) is 0 Å². The summed E-state index contributed by atoms with van der Waals surface area (Å²) in [5.74, 6) is -0.0339. The Morgan fingerprint density at radius 3 is 1.82 bits per heavy atom. The standard InChI is InChI=1S/C23H44O5/c1-4-5-6-7-8-9-10-11-14-18-27-22(24)15-12-13-16-23(25)28-20-21(2)17-19-26-3/h21H,4-20H2,1-3H3. The lowest BCUT2D eigenvalue weighted by molar-refractivity contribution is -0.146. The van der Waals surface area contributed by atoms with Gasteiger partial charge in [0.1, 0.15) is 0 Å². The Hall–Kier alpha value is -1.10. The van der Waals surface area contributed by atoms with Crippen molar-refractivity contribution in [3.05, 3.63) is 0 Å². The molecule has 0 amide bonds. The summed E-state index contributed by atoms with van der Waals surface area (Å²) < 4.78 is 15.5. The Kier molecular flexibility index (Phi) is 19.8. The summed E-state index contributed by atoms with van der Waals surface area (Å²) >= 11 is 0. The van der Waals surface area contributed by atoms with Gasteiger partial charge in [-0.2, -0.15) is 0 Å². The molecule has 0 aromatic rings. The minimum atomic E-state index is -0.188. The zero-order chi connectivity index (χ0) is 20.9. The molecular formula is C23H44O5. The maximum Gasteiger partial charge on any atom is 0.305 e. The van der Waals surface area contributed by atoms with Gasteiger partial charge in [0.2, 0.25) is 0 Å². The topological polar surface area (TPSA) is 61.8 Å². The van der Waals surface area contributed by atoms with E-state index in [1.807, 2.05) is 6.92 Å². The minimum Gasteiger partial charge on any atom is -0.466 e. The molecule has 0 saturated carbocycles. The number of rotatable bonds is 20. The molecule has 0 fully saturated rings. The molecule has 1 atom stereocenters. The molecule has 0 aliphatic rings. The number of esters is 2. The average molecular weight is 401 g/mol. The lowest BCUT2D eigenvalue weighted by Gasteiger charge is -2.11. The third kappa shape index (κ3) is 19.7. The van der Waals surface area contributed by atoms with Crippen LogP contribution in [0.1, 0.15) is 104 Å². The third-order valence-electron chi connectivity index (χ3n) is 4.87. The van der Waals surface area contributed by atoms with E-state index in [2.05, 4.69) is 6.92 Å². The molecule has 0 rings (SSSR count). The first-order chi connectivity index (χ1) is 13.6. The first-order valence-electron chi connectivity index (χ1n) is 11.4. The summed E-state index contributed by atoms with van der Waals surface area (Å²) in [5, 5.41) is 0. The van der Waals surface area contributed by atoms with Crippen molar-refractivity contribution in [1.82, 2.24) is 0 Å². The minimum absolute atomic E-state index is 0.152. The molecule has 0 aliphatic carbocycles. The maximum absolute atomic E-state index is 11.7. The Labute approximate surface area is 172 Å². The highest BCUT2D eigenvalue weighted by molar-refractivity contribution is 5.70. The highest BCUT2D eigenvalue weighted by Crippen LogP contribution is 2.10. The van der Waals surface area contributed by atoms with Crippen molar-refractivity contribution in [3.63, 3.8) is 0 Å². The molecule has 0 radical (unpaired) electrons. The van der Waals surface area contributed by atoms with E-state index in [4.69, 9.17) is 14.2 Å². The lowest BCUT2D eigenvalue weighted by atomic mass is 10.1. The average Bonchev–Trinajstić information content (AvgIpc) is 2.69. The Balaban J connectivity index is 3.38. The first kappa shape index (κ1) is 26.9. The van der Waals surface area contributed by atoms with Gasteiger partial charge in [-0.25, -0.2) is 0 Å². The largest absolute Gasteiger partial charge is 0.466 e. The van der Waals surface area contributed by atoms with Crippen molar-refractivity contribution < 1.29 is 23.8 Å². The second kappa shape index (κ2) is 20.6. The summed E-state index contributed by atoms with van der Waals surface area (Å²) in [5.41, 5.74) is 0. The van der Waals surface area contributed by atoms with Gasteiger partial charge in [0.25, 0.3) is 0 Å². The van der Waals surface area contributed by atoms with Crippen LogP contribution in [0.15, 0.2) is 0 Å². The van der Waals surface area contributed by atoms with E-state index in [-0.39, 0.29) is 11.9 Å². The van der Waals surface area contributed by atoms with E-state index < -0.39 is 0 Å². The summed E-state index contributed by atoms with van der Waals surface area (Å²) in [7, 11) is 1.67. The highest BCUT2D eigenvalue weighted by Gasteiger charge is 2.08. The smallest absolute Gasteiger partial charge is 0.305 e. The fourth-order valence-corrected chi connectivity index (χ4v) is 2.92. The number of ether oxygens (including phenoxy) is 3. The number of hydrogen-bond donors (Lipinski definition) is 0. The van der Waals surface area contributed by atoms with Gasteiger partial charge in [-0.05, 0) is 31.6 Å². The Morgan fingerprint density at radius 1 is 0.714 bits per heavy atom. The van der Waals surface area contributed by atoms with Crippen LogP contribution in [0.4, 0.5) is 0 Å². The van der Waals surface area contributed by atoms with Crippen LogP contribution >= 0.6 is 0 Å². The van der Waals surface area contributed by atoms with E-state index >= 15 is 0 Å². The SMILES string of the molecule is CCCCCCCCCCCOC(=O)CCCCC(=O)OCC(C)CCOC. The highest BCUT2D eigenvalue weighted by atomic mass is 16.5. The quantitative estimate of drug-likeness (QED) is 0.190. The third-order valence-corrected chi connectivity index (χ3v) is 4.87. The molecule has 0 saturated heterocycles. The van der Waals surface area contributed by atoms with Gasteiger partial charge < -0.3 is 14.2 Å². The zero-order valence-electron chi connectivity index (χ0n) is 18.6. The van der Waals surface area contributed by atoms with Crippen LogP contribution in [0.5, 0.6) is 0 Å². The molecule has 0 aliphatic heterocycles. The van der Waals surface area contributed by atoms with Gasteiger partial charge in [0, 0.05) is 26.6 Å². The Morgan fingerprint density at radius 2 is 1.25 bits per heavy atom. The zero-order valence-corrected chi connectivity index (χ0v) is 18.6. The first-order valence-corrected chi connectivity index (χ1v) is 11.4. The molecule has 0 aromatic heterocycles. The van der Waals surface area contributed by atoms with Crippen molar-refractivity contribution in [2.24, 2.45) is 5.92 Å². The summed E-state index contributed by atoms with van der Waals surface area (Å²) in [6, 6.07) is 0.